The largest absolute Gasteiger partial charge is 1.00 e. The summed E-state index contributed by atoms with van der Waals surface area (Å²) in [5, 5.41) is 0. The van der Waals surface area contributed by atoms with E-state index in [1.807, 2.05) is 36.4 Å². The monoisotopic (exact) mass is 231 g/mol. The second kappa shape index (κ2) is 6.11. The van der Waals surface area contributed by atoms with E-state index in [0.29, 0.717) is 0 Å². The van der Waals surface area contributed by atoms with Crippen LogP contribution < -0.4 is 18.1 Å². The number of rotatable bonds is 2. The summed E-state index contributed by atoms with van der Waals surface area (Å²) in [7, 11) is 0. The van der Waals surface area contributed by atoms with Gasteiger partial charge in [0.1, 0.15) is 5.69 Å². The van der Waals surface area contributed by atoms with Crippen LogP contribution in [0.25, 0.3) is 12.2 Å². The van der Waals surface area contributed by atoms with Crippen LogP contribution >= 0.6 is 0 Å². The molecule has 2 heteroatoms. The maximum absolute atomic E-state index is 3.98. The first kappa shape index (κ1) is 12.5. The minimum Gasteiger partial charge on any atom is -1.00 e. The fourth-order valence-corrected chi connectivity index (χ4v) is 1.45. The van der Waals surface area contributed by atoms with Crippen molar-refractivity contribution in [3.05, 3.63) is 65.7 Å². The fourth-order valence-electron chi connectivity index (χ4n) is 1.45. The molecule has 0 atom stereocenters. The van der Waals surface area contributed by atoms with E-state index >= 15 is 0 Å². The number of benzene rings is 2. The first-order valence-corrected chi connectivity index (χ1v) is 5.00. The van der Waals surface area contributed by atoms with Gasteiger partial charge in [-0.15, -0.1) is 0 Å². The molecule has 0 aliphatic carbocycles. The Morgan fingerprint density at radius 1 is 0.750 bits per heavy atom. The summed E-state index contributed by atoms with van der Waals surface area (Å²) >= 11 is 0. The molecule has 0 fully saturated rings. The molecule has 0 unspecified atom stereocenters. The quantitative estimate of drug-likeness (QED) is 0.690. The van der Waals surface area contributed by atoms with Gasteiger partial charge in [0.2, 0.25) is 0 Å². The zero-order valence-corrected chi connectivity index (χ0v) is 9.69. The first-order chi connectivity index (χ1) is 7.36. The summed E-state index contributed by atoms with van der Waals surface area (Å²) in [6.07, 6.45) is 4.20. The Bertz CT molecular complexity index is 463. The summed E-state index contributed by atoms with van der Waals surface area (Å²) in [6.45, 7) is 0. The van der Waals surface area contributed by atoms with Crippen molar-refractivity contribution in [2.75, 3.05) is 0 Å². The molecule has 2 aromatic carbocycles. The maximum atomic E-state index is 3.98. The third-order valence-corrected chi connectivity index (χ3v) is 2.31. The lowest BCUT2D eigenvalue weighted by molar-refractivity contribution is -0.255. The van der Waals surface area contributed by atoms with Crippen molar-refractivity contribution in [1.29, 1.82) is 0 Å². The molecule has 0 saturated carbocycles. The predicted molar refractivity (Wildman–Crippen MR) is 64.4 cm³/mol. The lowest BCUT2D eigenvalue weighted by Gasteiger charge is -1.95. The molecule has 1 nitrogen and oxygen atoms in total. The molecule has 0 heterocycles. The molecule has 0 saturated heterocycles. The molecule has 2 rings (SSSR count). The molecule has 0 aromatic heterocycles. The van der Waals surface area contributed by atoms with Crippen LogP contribution in [0.1, 0.15) is 11.1 Å². The van der Waals surface area contributed by atoms with Crippen molar-refractivity contribution >= 4 is 17.8 Å². The first-order valence-electron chi connectivity index (χ1n) is 5.00. The zero-order chi connectivity index (χ0) is 10.5. The van der Waals surface area contributed by atoms with E-state index in [9.17, 15) is 0 Å². The smallest absolute Gasteiger partial charge is 0.135 e. The molecule has 2 aromatic rings. The molecular formula is C14H14ClN. The summed E-state index contributed by atoms with van der Waals surface area (Å²) in [5.74, 6) is 0. The van der Waals surface area contributed by atoms with E-state index in [4.69, 9.17) is 0 Å². The standard InChI is InChI=1S/C14H13N.ClH/c15-14-9-5-4-8-13(14)11-10-12-6-2-1-3-7-12;/h1-11H,15H2;1H. The van der Waals surface area contributed by atoms with E-state index in [-0.39, 0.29) is 12.4 Å². The average molecular weight is 232 g/mol. The van der Waals surface area contributed by atoms with Crippen LogP contribution in [-0.4, -0.2) is 0 Å². The van der Waals surface area contributed by atoms with Gasteiger partial charge < -0.3 is 18.1 Å². The Kier molecular flexibility index (Phi) is 4.77. The van der Waals surface area contributed by atoms with Gasteiger partial charge >= 0.3 is 0 Å². The van der Waals surface area contributed by atoms with Crippen LogP contribution in [0.15, 0.2) is 54.6 Å². The zero-order valence-electron chi connectivity index (χ0n) is 8.94. The second-order valence-corrected chi connectivity index (χ2v) is 3.44. The van der Waals surface area contributed by atoms with Gasteiger partial charge in [0.15, 0.2) is 0 Å². The third kappa shape index (κ3) is 3.23. The maximum Gasteiger partial charge on any atom is 0.135 e. The van der Waals surface area contributed by atoms with Crippen LogP contribution in [0.3, 0.4) is 0 Å². The number of halogens is 1. The van der Waals surface area contributed by atoms with Crippen LogP contribution in [0, 0.1) is 0 Å². The molecule has 0 bridgehead atoms. The average Bonchev–Trinajstić information content (AvgIpc) is 2.29. The molecule has 0 aliphatic heterocycles. The highest BCUT2D eigenvalue weighted by atomic mass is 35.5. The van der Waals surface area contributed by atoms with E-state index in [2.05, 4.69) is 36.1 Å². The predicted octanol–water partition coefficient (Wildman–Crippen LogP) is -0.266. The summed E-state index contributed by atoms with van der Waals surface area (Å²) < 4.78 is 0. The van der Waals surface area contributed by atoms with Gasteiger partial charge in [-0.25, -0.2) is 0 Å². The van der Waals surface area contributed by atoms with Gasteiger partial charge in [0.05, 0.1) is 0 Å². The van der Waals surface area contributed by atoms with Gasteiger partial charge in [0, 0.05) is 5.56 Å². The van der Waals surface area contributed by atoms with E-state index in [1.54, 1.807) is 0 Å². The summed E-state index contributed by atoms with van der Waals surface area (Å²) in [6, 6.07) is 18.4. The van der Waals surface area contributed by atoms with Crippen LogP contribution in [0.2, 0.25) is 0 Å². The lowest BCUT2D eigenvalue weighted by Crippen LogP contribution is -3.00. The number of hydrogen-bond donors (Lipinski definition) is 1. The van der Waals surface area contributed by atoms with Crippen molar-refractivity contribution in [1.82, 2.24) is 0 Å². The summed E-state index contributed by atoms with van der Waals surface area (Å²) in [4.78, 5) is 0. The second-order valence-electron chi connectivity index (χ2n) is 3.44. The lowest BCUT2D eigenvalue weighted by atomic mass is 10.1. The minimum absolute atomic E-state index is 0. The minimum atomic E-state index is 0. The fraction of sp³-hybridized carbons (Fsp3) is 0. The Hall–Kier alpha value is -1.57. The van der Waals surface area contributed by atoms with Crippen LogP contribution in [-0.2, 0) is 0 Å². The van der Waals surface area contributed by atoms with E-state index < -0.39 is 0 Å². The molecule has 0 amide bonds. The Morgan fingerprint density at radius 2 is 1.38 bits per heavy atom. The Morgan fingerprint density at radius 3 is 2.06 bits per heavy atom. The van der Waals surface area contributed by atoms with E-state index in [1.165, 1.54) is 11.1 Å². The Labute approximate surface area is 102 Å². The van der Waals surface area contributed by atoms with Crippen molar-refractivity contribution in [3.8, 4) is 0 Å². The van der Waals surface area contributed by atoms with Gasteiger partial charge in [0.25, 0.3) is 0 Å². The molecule has 0 radical (unpaired) electrons. The molecule has 3 N–H and O–H groups in total. The highest BCUT2D eigenvalue weighted by Crippen LogP contribution is 2.12. The van der Waals surface area contributed by atoms with E-state index in [0.717, 1.165) is 5.69 Å². The highest BCUT2D eigenvalue weighted by molar-refractivity contribution is 5.73. The van der Waals surface area contributed by atoms with Gasteiger partial charge in [-0.1, -0.05) is 48.5 Å². The Balaban J connectivity index is 0.00000128. The number of hydrogen-bond acceptors (Lipinski definition) is 0. The van der Waals surface area contributed by atoms with Crippen molar-refractivity contribution in [2.24, 2.45) is 0 Å². The van der Waals surface area contributed by atoms with Crippen molar-refractivity contribution < 1.29 is 18.1 Å². The van der Waals surface area contributed by atoms with Crippen molar-refractivity contribution in [3.63, 3.8) is 0 Å². The van der Waals surface area contributed by atoms with Crippen molar-refractivity contribution in [2.45, 2.75) is 0 Å². The number of quaternary nitrogens is 1. The summed E-state index contributed by atoms with van der Waals surface area (Å²) in [5.41, 5.74) is 7.42. The van der Waals surface area contributed by atoms with Crippen LogP contribution in [0.5, 0.6) is 0 Å². The highest BCUT2D eigenvalue weighted by Gasteiger charge is 1.94. The molecule has 0 aliphatic rings. The topological polar surface area (TPSA) is 27.6 Å². The van der Waals surface area contributed by atoms with Gasteiger partial charge in [-0.3, -0.25) is 0 Å². The SMILES string of the molecule is [Cl-].[NH3+]c1ccccc1C=Cc1ccccc1. The third-order valence-electron chi connectivity index (χ3n) is 2.31. The van der Waals surface area contributed by atoms with Gasteiger partial charge in [-0.05, 0) is 23.8 Å². The molecular weight excluding hydrogens is 218 g/mol. The molecule has 16 heavy (non-hydrogen) atoms. The molecule has 82 valence electrons. The molecule has 0 spiro atoms. The van der Waals surface area contributed by atoms with Crippen LogP contribution in [0.4, 0.5) is 5.69 Å². The normalized spacial score (nSPS) is 10.1. The van der Waals surface area contributed by atoms with Gasteiger partial charge in [-0.2, -0.15) is 0 Å².